The van der Waals surface area contributed by atoms with Gasteiger partial charge in [-0.3, -0.25) is 0 Å². The van der Waals surface area contributed by atoms with Gasteiger partial charge in [0, 0.05) is 5.54 Å². The molecule has 0 aromatic rings. The Hall–Kier alpha value is -1.26. The van der Waals surface area contributed by atoms with Crippen LogP contribution in [-0.2, 0) is 0 Å². The molecular formula is C10H13F3N2. The summed E-state index contributed by atoms with van der Waals surface area (Å²) in [7, 11) is 0. The van der Waals surface area contributed by atoms with Crippen molar-refractivity contribution in [2.24, 2.45) is 4.99 Å². The van der Waals surface area contributed by atoms with Gasteiger partial charge in [-0.25, -0.2) is 4.99 Å². The van der Waals surface area contributed by atoms with Crippen LogP contribution < -0.4 is 5.32 Å². The molecule has 1 aliphatic carbocycles. The summed E-state index contributed by atoms with van der Waals surface area (Å²) in [6.07, 6.45) is -2.01. The fourth-order valence-corrected chi connectivity index (χ4v) is 1.14. The SMILES string of the molecule is C=C/C(=C(\N=C)NC1(C)CC1)C(F)(F)F. The second-order valence-corrected chi connectivity index (χ2v) is 3.81. The average Bonchev–Trinajstić information content (AvgIpc) is 2.81. The number of alkyl halides is 3. The molecule has 1 aliphatic rings. The van der Waals surface area contributed by atoms with E-state index in [4.69, 9.17) is 0 Å². The largest absolute Gasteiger partial charge is 0.419 e. The van der Waals surface area contributed by atoms with Gasteiger partial charge in [0.25, 0.3) is 0 Å². The molecule has 0 aliphatic heterocycles. The second kappa shape index (κ2) is 3.72. The molecule has 0 heterocycles. The van der Waals surface area contributed by atoms with E-state index in [1.807, 2.05) is 6.92 Å². The van der Waals surface area contributed by atoms with Crippen LogP contribution in [0.2, 0.25) is 0 Å². The maximum atomic E-state index is 12.5. The molecule has 0 amide bonds. The number of hydrogen-bond donors (Lipinski definition) is 1. The Kier molecular flexibility index (Phi) is 2.93. The van der Waals surface area contributed by atoms with Crippen molar-refractivity contribution in [3.05, 3.63) is 24.0 Å². The van der Waals surface area contributed by atoms with Crippen LogP contribution in [0.1, 0.15) is 19.8 Å². The number of halogens is 3. The third-order valence-electron chi connectivity index (χ3n) is 2.34. The molecule has 0 saturated heterocycles. The van der Waals surface area contributed by atoms with Gasteiger partial charge in [-0.05, 0) is 26.5 Å². The minimum Gasteiger partial charge on any atom is -0.364 e. The molecule has 1 rings (SSSR count). The summed E-state index contributed by atoms with van der Waals surface area (Å²) in [4.78, 5) is 3.38. The number of allylic oxidation sites excluding steroid dienone is 2. The molecule has 0 aromatic heterocycles. The minimum atomic E-state index is -4.45. The van der Waals surface area contributed by atoms with Gasteiger partial charge in [0.2, 0.25) is 0 Å². The fraction of sp³-hybridized carbons (Fsp3) is 0.500. The average molecular weight is 218 g/mol. The highest BCUT2D eigenvalue weighted by atomic mass is 19.4. The molecular weight excluding hydrogens is 205 g/mol. The first-order valence-corrected chi connectivity index (χ1v) is 4.51. The summed E-state index contributed by atoms with van der Waals surface area (Å²) in [5.41, 5.74) is -1.14. The fourth-order valence-electron chi connectivity index (χ4n) is 1.14. The molecule has 2 nitrogen and oxygen atoms in total. The third-order valence-corrected chi connectivity index (χ3v) is 2.34. The molecule has 0 spiro atoms. The highest BCUT2D eigenvalue weighted by molar-refractivity contribution is 5.36. The normalized spacial score (nSPS) is 20.3. The summed E-state index contributed by atoms with van der Waals surface area (Å²) < 4.78 is 37.5. The Labute approximate surface area is 86.6 Å². The number of nitrogens with zero attached hydrogens (tertiary/aromatic N) is 1. The van der Waals surface area contributed by atoms with Gasteiger partial charge in [0.15, 0.2) is 0 Å². The number of rotatable bonds is 4. The zero-order valence-electron chi connectivity index (χ0n) is 8.49. The monoisotopic (exact) mass is 218 g/mol. The number of hydrogen-bond acceptors (Lipinski definition) is 2. The van der Waals surface area contributed by atoms with Gasteiger partial charge in [-0.2, -0.15) is 13.2 Å². The molecule has 84 valence electrons. The lowest BCUT2D eigenvalue weighted by Gasteiger charge is -2.17. The minimum absolute atomic E-state index is 0.238. The summed E-state index contributed by atoms with van der Waals surface area (Å²) in [5, 5.41) is 2.73. The molecule has 0 unspecified atom stereocenters. The Balaban J connectivity index is 2.98. The van der Waals surface area contributed by atoms with Crippen molar-refractivity contribution in [2.75, 3.05) is 0 Å². The van der Waals surface area contributed by atoms with Crippen molar-refractivity contribution < 1.29 is 13.2 Å². The van der Waals surface area contributed by atoms with Crippen molar-refractivity contribution in [1.29, 1.82) is 0 Å². The van der Waals surface area contributed by atoms with Crippen LogP contribution in [0, 0.1) is 0 Å². The topological polar surface area (TPSA) is 24.4 Å². The van der Waals surface area contributed by atoms with E-state index in [-0.39, 0.29) is 11.4 Å². The van der Waals surface area contributed by atoms with Gasteiger partial charge in [0.05, 0.1) is 5.57 Å². The molecule has 15 heavy (non-hydrogen) atoms. The third kappa shape index (κ3) is 2.84. The van der Waals surface area contributed by atoms with Gasteiger partial charge < -0.3 is 5.32 Å². The van der Waals surface area contributed by atoms with Crippen molar-refractivity contribution in [2.45, 2.75) is 31.5 Å². The summed E-state index contributed by atoms with van der Waals surface area (Å²) >= 11 is 0. The lowest BCUT2D eigenvalue weighted by atomic mass is 10.2. The lowest BCUT2D eigenvalue weighted by Crippen LogP contribution is -2.29. The summed E-state index contributed by atoms with van der Waals surface area (Å²) in [6, 6.07) is 0. The Bertz CT molecular complexity index is 311. The predicted molar refractivity (Wildman–Crippen MR) is 53.6 cm³/mol. The molecule has 0 aromatic carbocycles. The molecule has 0 atom stereocenters. The number of aliphatic imine (C=N–C) groups is 1. The predicted octanol–water partition coefficient (Wildman–Crippen LogP) is 2.79. The van der Waals surface area contributed by atoms with E-state index >= 15 is 0 Å². The van der Waals surface area contributed by atoms with E-state index in [1.165, 1.54) is 0 Å². The van der Waals surface area contributed by atoms with Crippen molar-refractivity contribution in [1.82, 2.24) is 5.32 Å². The van der Waals surface area contributed by atoms with Gasteiger partial charge in [-0.15, -0.1) is 0 Å². The van der Waals surface area contributed by atoms with Crippen LogP contribution in [0.5, 0.6) is 0 Å². The zero-order valence-corrected chi connectivity index (χ0v) is 8.49. The zero-order chi connectivity index (χ0) is 11.7. The summed E-state index contributed by atoms with van der Waals surface area (Å²) in [5.74, 6) is -0.238. The molecule has 1 saturated carbocycles. The van der Waals surface area contributed by atoms with Gasteiger partial charge >= 0.3 is 6.18 Å². The maximum absolute atomic E-state index is 12.5. The molecule has 5 heteroatoms. The quantitative estimate of drug-likeness (QED) is 0.569. The van der Waals surface area contributed by atoms with Crippen LogP contribution in [-0.4, -0.2) is 18.4 Å². The van der Waals surface area contributed by atoms with E-state index in [2.05, 4.69) is 23.6 Å². The molecule has 1 N–H and O–H groups in total. The van der Waals surface area contributed by atoms with Crippen LogP contribution in [0.15, 0.2) is 29.0 Å². The Morgan fingerprint density at radius 2 is 2.00 bits per heavy atom. The Morgan fingerprint density at radius 1 is 1.47 bits per heavy atom. The molecule has 1 fully saturated rings. The highest BCUT2D eigenvalue weighted by Crippen LogP contribution is 2.37. The first kappa shape index (κ1) is 11.8. The van der Waals surface area contributed by atoms with Crippen molar-refractivity contribution in [3.8, 4) is 0 Å². The summed E-state index contributed by atoms with van der Waals surface area (Å²) in [6.45, 7) is 8.12. The van der Waals surface area contributed by atoms with Crippen LogP contribution >= 0.6 is 0 Å². The van der Waals surface area contributed by atoms with Crippen LogP contribution in [0.3, 0.4) is 0 Å². The lowest BCUT2D eigenvalue weighted by molar-refractivity contribution is -0.0893. The van der Waals surface area contributed by atoms with E-state index in [0.717, 1.165) is 18.9 Å². The van der Waals surface area contributed by atoms with E-state index in [1.54, 1.807) is 0 Å². The van der Waals surface area contributed by atoms with Crippen molar-refractivity contribution >= 4 is 6.72 Å². The van der Waals surface area contributed by atoms with Gasteiger partial charge in [0.1, 0.15) is 5.82 Å². The highest BCUT2D eigenvalue weighted by Gasteiger charge is 2.41. The first-order chi connectivity index (χ1) is 6.82. The maximum Gasteiger partial charge on any atom is 0.419 e. The van der Waals surface area contributed by atoms with Crippen LogP contribution in [0.4, 0.5) is 13.2 Å². The molecule has 0 bridgehead atoms. The van der Waals surface area contributed by atoms with Crippen molar-refractivity contribution in [3.63, 3.8) is 0 Å². The number of nitrogens with one attached hydrogen (secondary N) is 1. The van der Waals surface area contributed by atoms with E-state index in [9.17, 15) is 13.2 Å². The smallest absolute Gasteiger partial charge is 0.364 e. The first-order valence-electron chi connectivity index (χ1n) is 4.51. The van der Waals surface area contributed by atoms with Crippen LogP contribution in [0.25, 0.3) is 0 Å². The van der Waals surface area contributed by atoms with E-state index in [0.29, 0.717) is 0 Å². The Morgan fingerprint density at radius 3 is 2.27 bits per heavy atom. The second-order valence-electron chi connectivity index (χ2n) is 3.81. The van der Waals surface area contributed by atoms with E-state index < -0.39 is 11.7 Å². The molecule has 0 radical (unpaired) electrons. The standard InChI is InChI=1S/C10H13F3N2/c1-4-7(10(11,12)13)8(14-3)15-9(2)5-6-9/h4,15H,1,3,5-6H2,2H3/b8-7-. The van der Waals surface area contributed by atoms with Gasteiger partial charge in [-0.1, -0.05) is 12.7 Å².